The van der Waals surface area contributed by atoms with Crippen LogP contribution >= 0.6 is 0 Å². The average molecular weight is 401 g/mol. The number of pyridine rings is 1. The lowest BCUT2D eigenvalue weighted by atomic mass is 10.2. The Morgan fingerprint density at radius 2 is 2.03 bits per heavy atom. The highest BCUT2D eigenvalue weighted by Gasteiger charge is 2.29. The fraction of sp³-hybridized carbons (Fsp3) is 0.333. The van der Waals surface area contributed by atoms with Gasteiger partial charge in [-0.05, 0) is 50.5 Å². The van der Waals surface area contributed by atoms with Crippen molar-refractivity contribution in [3.8, 4) is 5.75 Å². The van der Waals surface area contributed by atoms with Crippen LogP contribution in [0.4, 0.5) is 8.78 Å². The smallest absolute Gasteiger partial charge is 0.270 e. The number of nitrogens with one attached hydrogen (secondary N) is 1. The number of aromatic nitrogens is 2. The summed E-state index contributed by atoms with van der Waals surface area (Å²) in [4.78, 5) is 17.2. The lowest BCUT2D eigenvalue weighted by molar-refractivity contribution is 0.0867. The van der Waals surface area contributed by atoms with Crippen LogP contribution in [0, 0.1) is 18.6 Å². The number of imidazole rings is 1. The summed E-state index contributed by atoms with van der Waals surface area (Å²) in [6.45, 7) is 1.40. The van der Waals surface area contributed by atoms with Crippen LogP contribution in [0.2, 0.25) is 0 Å². The fourth-order valence-corrected chi connectivity index (χ4v) is 3.71. The van der Waals surface area contributed by atoms with Gasteiger partial charge in [-0.3, -0.25) is 9.20 Å². The molecule has 4 rings (SSSR count). The molecule has 2 atom stereocenters. The summed E-state index contributed by atoms with van der Waals surface area (Å²) in [7, 11) is 0. The maximum atomic E-state index is 13.9. The molecule has 2 aromatic heterocycles. The number of hydrogen-bond donors (Lipinski definition) is 2. The van der Waals surface area contributed by atoms with E-state index in [1.54, 1.807) is 29.7 Å². The number of benzene rings is 1. The summed E-state index contributed by atoms with van der Waals surface area (Å²) in [6.07, 6.45) is 3.38. The van der Waals surface area contributed by atoms with E-state index >= 15 is 0 Å². The number of hydrogen-bond acceptors (Lipinski definition) is 4. The molecule has 152 valence electrons. The number of carbonyl (C=O) groups excluding carboxylic acids is 1. The summed E-state index contributed by atoms with van der Waals surface area (Å²) in [5, 5.41) is 12.8. The number of halogens is 2. The predicted octanol–water partition coefficient (Wildman–Crippen LogP) is 3.14. The molecule has 29 heavy (non-hydrogen) atoms. The maximum Gasteiger partial charge on any atom is 0.270 e. The van der Waals surface area contributed by atoms with E-state index < -0.39 is 17.7 Å². The van der Waals surface area contributed by atoms with Crippen molar-refractivity contribution in [2.45, 2.75) is 44.9 Å². The number of aryl methyl sites for hydroxylation is 1. The van der Waals surface area contributed by atoms with Crippen molar-refractivity contribution < 1.29 is 23.4 Å². The Labute approximate surface area is 166 Å². The van der Waals surface area contributed by atoms with Gasteiger partial charge in [-0.1, -0.05) is 6.07 Å². The van der Waals surface area contributed by atoms with E-state index in [2.05, 4.69) is 10.3 Å². The third-order valence-electron chi connectivity index (χ3n) is 5.23. The zero-order valence-electron chi connectivity index (χ0n) is 15.9. The van der Waals surface area contributed by atoms with E-state index in [1.807, 2.05) is 0 Å². The number of carbonyl (C=O) groups is 1. The monoisotopic (exact) mass is 401 g/mol. The first-order valence-electron chi connectivity index (χ1n) is 9.48. The highest BCUT2D eigenvalue weighted by molar-refractivity contribution is 5.95. The Morgan fingerprint density at radius 3 is 2.72 bits per heavy atom. The average Bonchev–Trinajstić information content (AvgIpc) is 3.23. The first kappa shape index (κ1) is 19.3. The van der Waals surface area contributed by atoms with Gasteiger partial charge < -0.3 is 15.2 Å². The molecule has 2 heterocycles. The Balaban J connectivity index is 1.61. The molecule has 1 amide bonds. The molecule has 2 N–H and O–H groups in total. The molecule has 1 fully saturated rings. The van der Waals surface area contributed by atoms with Crippen molar-refractivity contribution in [2.24, 2.45) is 0 Å². The summed E-state index contributed by atoms with van der Waals surface area (Å²) in [6, 6.07) is 6.64. The molecule has 6 nitrogen and oxygen atoms in total. The van der Waals surface area contributed by atoms with Crippen LogP contribution in [0.25, 0.3) is 5.65 Å². The predicted molar refractivity (Wildman–Crippen MR) is 102 cm³/mol. The molecule has 0 saturated heterocycles. The van der Waals surface area contributed by atoms with E-state index in [9.17, 15) is 18.7 Å². The SMILES string of the molecule is Cc1nc2c(OCc3c(F)cccc3F)cccn2c1C(=O)N[C@H]1CCC[C@@H]1O. The zero-order chi connectivity index (χ0) is 20.5. The third-order valence-corrected chi connectivity index (χ3v) is 5.23. The lowest BCUT2D eigenvalue weighted by Crippen LogP contribution is -2.40. The van der Waals surface area contributed by atoms with E-state index in [0.717, 1.165) is 12.8 Å². The molecule has 0 unspecified atom stereocenters. The summed E-state index contributed by atoms with van der Waals surface area (Å²) < 4.78 is 34.9. The Hall–Kier alpha value is -3.00. The minimum absolute atomic E-state index is 0.175. The molecule has 3 aromatic rings. The van der Waals surface area contributed by atoms with Gasteiger partial charge in [0.2, 0.25) is 0 Å². The van der Waals surface area contributed by atoms with Gasteiger partial charge in [0.1, 0.15) is 23.9 Å². The van der Waals surface area contributed by atoms with Gasteiger partial charge in [-0.25, -0.2) is 13.8 Å². The number of nitrogens with zero attached hydrogens (tertiary/aromatic N) is 2. The number of rotatable bonds is 5. The van der Waals surface area contributed by atoms with Crippen molar-refractivity contribution in [3.05, 3.63) is 65.1 Å². The van der Waals surface area contributed by atoms with E-state index in [1.165, 1.54) is 18.2 Å². The van der Waals surface area contributed by atoms with Gasteiger partial charge >= 0.3 is 0 Å². The summed E-state index contributed by atoms with van der Waals surface area (Å²) in [5.74, 6) is -1.41. The second-order valence-corrected chi connectivity index (χ2v) is 7.18. The first-order chi connectivity index (χ1) is 14.0. The standard InChI is InChI=1S/C21H21F2N3O3/c1-12-19(21(28)25-16-7-3-8-17(16)27)26-10-4-9-18(20(26)24-12)29-11-13-14(22)5-2-6-15(13)23/h2,4-6,9-10,16-17,27H,3,7-8,11H2,1H3,(H,25,28)/t16-,17-/m0/s1. The number of aliphatic hydroxyl groups is 1. The van der Waals surface area contributed by atoms with E-state index in [0.29, 0.717) is 29.2 Å². The maximum absolute atomic E-state index is 13.9. The van der Waals surface area contributed by atoms with Crippen LogP contribution in [-0.4, -0.2) is 32.5 Å². The van der Waals surface area contributed by atoms with E-state index in [4.69, 9.17) is 4.74 Å². The molecule has 8 heteroatoms. The molecule has 1 saturated carbocycles. The van der Waals surface area contributed by atoms with Crippen molar-refractivity contribution >= 4 is 11.6 Å². The number of aliphatic hydroxyl groups excluding tert-OH is 1. The first-order valence-corrected chi connectivity index (χ1v) is 9.48. The largest absolute Gasteiger partial charge is 0.485 e. The third kappa shape index (κ3) is 3.67. The Morgan fingerprint density at radius 1 is 1.28 bits per heavy atom. The minimum atomic E-state index is -0.688. The zero-order valence-corrected chi connectivity index (χ0v) is 15.9. The number of amides is 1. The van der Waals surface area contributed by atoms with Crippen LogP contribution in [0.15, 0.2) is 36.5 Å². The van der Waals surface area contributed by atoms with Crippen LogP contribution in [0.3, 0.4) is 0 Å². The van der Waals surface area contributed by atoms with Crippen LogP contribution in [0.1, 0.15) is 41.0 Å². The Bertz CT molecular complexity index is 1050. The van der Waals surface area contributed by atoms with Gasteiger partial charge in [0.05, 0.1) is 23.4 Å². The molecule has 1 aromatic carbocycles. The van der Waals surface area contributed by atoms with Crippen molar-refractivity contribution in [1.29, 1.82) is 0 Å². The summed E-state index contributed by atoms with van der Waals surface area (Å²) >= 11 is 0. The molecular formula is C21H21F2N3O3. The number of ether oxygens (including phenoxy) is 1. The molecule has 0 bridgehead atoms. The Kier molecular flexibility index (Phi) is 5.19. The van der Waals surface area contributed by atoms with Crippen molar-refractivity contribution in [2.75, 3.05) is 0 Å². The highest BCUT2D eigenvalue weighted by Crippen LogP contribution is 2.25. The van der Waals surface area contributed by atoms with Gasteiger partial charge in [-0.15, -0.1) is 0 Å². The molecule has 0 aliphatic heterocycles. The molecule has 1 aliphatic carbocycles. The van der Waals surface area contributed by atoms with Gasteiger partial charge in [-0.2, -0.15) is 0 Å². The van der Waals surface area contributed by atoms with Crippen molar-refractivity contribution in [3.63, 3.8) is 0 Å². The highest BCUT2D eigenvalue weighted by atomic mass is 19.1. The quantitative estimate of drug-likeness (QED) is 0.689. The number of fused-ring (bicyclic) bond motifs is 1. The van der Waals surface area contributed by atoms with Crippen molar-refractivity contribution in [1.82, 2.24) is 14.7 Å². The van der Waals surface area contributed by atoms with Crippen LogP contribution in [-0.2, 0) is 6.61 Å². The molecule has 1 aliphatic rings. The second-order valence-electron chi connectivity index (χ2n) is 7.18. The van der Waals surface area contributed by atoms with Gasteiger partial charge in [0, 0.05) is 6.20 Å². The minimum Gasteiger partial charge on any atom is -0.485 e. The lowest BCUT2D eigenvalue weighted by Gasteiger charge is -2.16. The van der Waals surface area contributed by atoms with Crippen LogP contribution in [0.5, 0.6) is 5.75 Å². The normalized spacial score (nSPS) is 18.9. The second kappa shape index (κ2) is 7.79. The van der Waals surface area contributed by atoms with Crippen LogP contribution < -0.4 is 10.1 Å². The molecule has 0 radical (unpaired) electrons. The summed E-state index contributed by atoms with van der Waals surface area (Å²) in [5.41, 5.74) is 1.02. The fourth-order valence-electron chi connectivity index (χ4n) is 3.71. The molecular weight excluding hydrogens is 380 g/mol. The van der Waals surface area contributed by atoms with Gasteiger partial charge in [0.15, 0.2) is 11.4 Å². The topological polar surface area (TPSA) is 75.9 Å². The van der Waals surface area contributed by atoms with E-state index in [-0.39, 0.29) is 24.1 Å². The molecule has 0 spiro atoms. The van der Waals surface area contributed by atoms with Gasteiger partial charge in [0.25, 0.3) is 5.91 Å².